The zero-order valence-corrected chi connectivity index (χ0v) is 17.2. The van der Waals surface area contributed by atoms with Gasteiger partial charge in [0, 0.05) is 18.8 Å². The molecule has 8 nitrogen and oxygen atoms in total. The predicted octanol–water partition coefficient (Wildman–Crippen LogP) is 2.74. The lowest BCUT2D eigenvalue weighted by atomic mass is 10.0. The van der Waals surface area contributed by atoms with Gasteiger partial charge in [0.2, 0.25) is 5.91 Å². The summed E-state index contributed by atoms with van der Waals surface area (Å²) in [5.74, 6) is 1.02. The number of rotatable bonds is 5. The quantitative estimate of drug-likeness (QED) is 0.692. The molecule has 1 fully saturated rings. The topological polar surface area (TPSA) is 89.3 Å². The van der Waals surface area contributed by atoms with Crippen molar-refractivity contribution < 1.29 is 9.53 Å². The fourth-order valence-corrected chi connectivity index (χ4v) is 4.48. The summed E-state index contributed by atoms with van der Waals surface area (Å²) in [6.45, 7) is 4.01. The smallest absolute Gasteiger partial charge is 0.273 e. The van der Waals surface area contributed by atoms with Crippen molar-refractivity contribution in [2.75, 3.05) is 30.4 Å². The van der Waals surface area contributed by atoms with Crippen molar-refractivity contribution in [3.63, 3.8) is 0 Å². The number of fused-ring (bicyclic) bond motifs is 1. The molecular formula is C20H23N5O3S. The Morgan fingerprint density at radius 3 is 2.86 bits per heavy atom. The van der Waals surface area contributed by atoms with Crippen LogP contribution in [0, 0.1) is 5.92 Å². The van der Waals surface area contributed by atoms with Crippen molar-refractivity contribution in [1.82, 2.24) is 14.5 Å². The maximum Gasteiger partial charge on any atom is 0.273 e. The van der Waals surface area contributed by atoms with E-state index in [1.54, 1.807) is 31.4 Å². The molecule has 0 spiro atoms. The molecule has 0 radical (unpaired) electrons. The Morgan fingerprint density at radius 1 is 1.34 bits per heavy atom. The fraction of sp³-hybridized carbons (Fsp3) is 0.400. The minimum absolute atomic E-state index is 0.109. The molecule has 3 heterocycles. The van der Waals surface area contributed by atoms with Crippen LogP contribution in [0.25, 0.3) is 10.3 Å². The van der Waals surface area contributed by atoms with Gasteiger partial charge in [-0.25, -0.2) is 4.98 Å². The Bertz CT molecular complexity index is 1080. The summed E-state index contributed by atoms with van der Waals surface area (Å²) in [5.41, 5.74) is 0.839. The number of thiazole rings is 1. The Labute approximate surface area is 172 Å². The lowest BCUT2D eigenvalue weighted by Crippen LogP contribution is -2.34. The molecular weight excluding hydrogens is 390 g/mol. The second kappa shape index (κ2) is 8.20. The van der Waals surface area contributed by atoms with Crippen molar-refractivity contribution in [2.45, 2.75) is 26.3 Å². The van der Waals surface area contributed by atoms with E-state index < -0.39 is 0 Å². The molecule has 1 atom stereocenters. The zero-order valence-electron chi connectivity index (χ0n) is 16.4. The number of ether oxygens (including phenoxy) is 1. The van der Waals surface area contributed by atoms with Gasteiger partial charge in [-0.05, 0) is 43.0 Å². The van der Waals surface area contributed by atoms with Crippen LogP contribution in [0.4, 0.5) is 10.8 Å². The molecule has 1 aliphatic rings. The van der Waals surface area contributed by atoms with Gasteiger partial charge in [0.25, 0.3) is 5.56 Å². The predicted molar refractivity (Wildman–Crippen MR) is 114 cm³/mol. The monoisotopic (exact) mass is 413 g/mol. The van der Waals surface area contributed by atoms with Crippen LogP contribution in [0.3, 0.4) is 0 Å². The summed E-state index contributed by atoms with van der Waals surface area (Å²) in [5, 5.41) is 3.61. The van der Waals surface area contributed by atoms with Crippen molar-refractivity contribution in [3.8, 4) is 5.75 Å². The van der Waals surface area contributed by atoms with Crippen LogP contribution in [-0.2, 0) is 11.3 Å². The molecule has 1 amide bonds. The number of methoxy groups -OCH3 is 1. The minimum Gasteiger partial charge on any atom is -0.497 e. The number of hydrogen-bond acceptors (Lipinski definition) is 7. The third-order valence-electron chi connectivity index (χ3n) is 4.99. The Balaban J connectivity index is 1.50. The number of carbonyl (C=O) groups is 1. The van der Waals surface area contributed by atoms with Gasteiger partial charge in [-0.15, -0.1) is 0 Å². The molecule has 2 aromatic heterocycles. The highest BCUT2D eigenvalue weighted by Crippen LogP contribution is 2.29. The van der Waals surface area contributed by atoms with Gasteiger partial charge in [-0.1, -0.05) is 18.3 Å². The van der Waals surface area contributed by atoms with Gasteiger partial charge in [0.05, 0.1) is 7.11 Å². The average molecular weight is 414 g/mol. The second-order valence-electron chi connectivity index (χ2n) is 7.30. The number of nitrogens with one attached hydrogen (secondary N) is 1. The van der Waals surface area contributed by atoms with Crippen molar-refractivity contribution in [2.24, 2.45) is 5.92 Å². The number of benzene rings is 1. The molecule has 1 aromatic carbocycles. The first-order valence-corrected chi connectivity index (χ1v) is 10.4. The molecule has 0 unspecified atom stereocenters. The largest absolute Gasteiger partial charge is 0.497 e. The van der Waals surface area contributed by atoms with Crippen LogP contribution in [0.1, 0.15) is 19.8 Å². The molecule has 1 saturated heterocycles. The van der Waals surface area contributed by atoms with E-state index >= 15 is 0 Å². The normalized spacial score (nSPS) is 16.8. The summed E-state index contributed by atoms with van der Waals surface area (Å²) in [6.07, 6.45) is 3.73. The Morgan fingerprint density at radius 2 is 2.14 bits per heavy atom. The first-order valence-electron chi connectivity index (χ1n) is 9.58. The first-order chi connectivity index (χ1) is 14.0. The molecule has 0 aliphatic carbocycles. The van der Waals surface area contributed by atoms with E-state index in [0.29, 0.717) is 27.7 Å². The van der Waals surface area contributed by atoms with Crippen molar-refractivity contribution in [1.29, 1.82) is 0 Å². The molecule has 1 aliphatic heterocycles. The lowest BCUT2D eigenvalue weighted by molar-refractivity contribution is -0.116. The van der Waals surface area contributed by atoms with E-state index in [4.69, 9.17) is 4.74 Å². The third kappa shape index (κ3) is 4.24. The maximum atomic E-state index is 12.8. The molecule has 9 heteroatoms. The van der Waals surface area contributed by atoms with Crippen molar-refractivity contribution >= 4 is 38.4 Å². The molecule has 29 heavy (non-hydrogen) atoms. The number of anilines is 2. The number of nitrogens with zero attached hydrogens (tertiary/aromatic N) is 4. The number of carbonyl (C=O) groups excluding carboxylic acids is 1. The number of aromatic nitrogens is 3. The van der Waals surface area contributed by atoms with Gasteiger partial charge in [-0.2, -0.15) is 4.98 Å². The summed E-state index contributed by atoms with van der Waals surface area (Å²) in [7, 11) is 1.58. The van der Waals surface area contributed by atoms with Crippen LogP contribution < -0.4 is 20.5 Å². The summed E-state index contributed by atoms with van der Waals surface area (Å²) >= 11 is 1.36. The first kappa shape index (κ1) is 19.4. The molecule has 152 valence electrons. The minimum atomic E-state index is -0.298. The van der Waals surface area contributed by atoms with E-state index in [0.717, 1.165) is 24.6 Å². The standard InChI is InChI=1S/C20H23N5O3S/c1-13-4-3-9-24(10-13)20-23-18-17(29-20)19(27)25(12-21-18)11-16(26)22-14-5-7-15(28-2)8-6-14/h5-8,12-13H,3-4,9-11H2,1-2H3,(H,22,26)/t13-/m0/s1. The van der Waals surface area contributed by atoms with Crippen molar-refractivity contribution in [3.05, 3.63) is 40.9 Å². The van der Waals surface area contributed by atoms with Crippen LogP contribution in [0.15, 0.2) is 35.4 Å². The van der Waals surface area contributed by atoms with Crippen LogP contribution in [0.2, 0.25) is 0 Å². The number of hydrogen-bond donors (Lipinski definition) is 1. The molecule has 1 N–H and O–H groups in total. The fourth-order valence-electron chi connectivity index (χ4n) is 3.48. The molecule has 4 rings (SSSR count). The maximum absolute atomic E-state index is 12.8. The lowest BCUT2D eigenvalue weighted by Gasteiger charge is -2.30. The van der Waals surface area contributed by atoms with E-state index in [1.807, 2.05) is 0 Å². The second-order valence-corrected chi connectivity index (χ2v) is 8.27. The van der Waals surface area contributed by atoms with Crippen LogP contribution in [0.5, 0.6) is 5.75 Å². The highest BCUT2D eigenvalue weighted by Gasteiger charge is 2.21. The molecule has 0 saturated carbocycles. The average Bonchev–Trinajstić information content (AvgIpc) is 3.16. The SMILES string of the molecule is COc1ccc(NC(=O)Cn2cnc3nc(N4CCC[C@H](C)C4)sc3c2=O)cc1. The number of piperidine rings is 1. The van der Waals surface area contributed by atoms with E-state index in [-0.39, 0.29) is 18.0 Å². The summed E-state index contributed by atoms with van der Waals surface area (Å²) in [6, 6.07) is 7.01. The Kier molecular flexibility index (Phi) is 5.48. The van der Waals surface area contributed by atoms with Gasteiger partial charge >= 0.3 is 0 Å². The number of amides is 1. The van der Waals surface area contributed by atoms with E-state index in [9.17, 15) is 9.59 Å². The summed E-state index contributed by atoms with van der Waals surface area (Å²) in [4.78, 5) is 36.3. The zero-order chi connectivity index (χ0) is 20.4. The third-order valence-corrected chi connectivity index (χ3v) is 6.08. The highest BCUT2D eigenvalue weighted by molar-refractivity contribution is 7.22. The molecule has 3 aromatic rings. The van der Waals surface area contributed by atoms with Gasteiger partial charge in [0.15, 0.2) is 10.8 Å². The van der Waals surface area contributed by atoms with Gasteiger partial charge in [-0.3, -0.25) is 14.2 Å². The van der Waals surface area contributed by atoms with E-state index in [2.05, 4.69) is 27.1 Å². The summed E-state index contributed by atoms with van der Waals surface area (Å²) < 4.78 is 6.91. The van der Waals surface area contributed by atoms with Gasteiger partial charge in [0.1, 0.15) is 23.3 Å². The highest BCUT2D eigenvalue weighted by atomic mass is 32.1. The van der Waals surface area contributed by atoms with Gasteiger partial charge < -0.3 is 15.0 Å². The van der Waals surface area contributed by atoms with Crippen LogP contribution >= 0.6 is 11.3 Å². The Hall–Kier alpha value is -2.94. The van der Waals surface area contributed by atoms with Crippen LogP contribution in [-0.4, -0.2) is 40.6 Å². The molecule has 0 bridgehead atoms. The van der Waals surface area contributed by atoms with E-state index in [1.165, 1.54) is 28.7 Å².